The van der Waals surface area contributed by atoms with Gasteiger partial charge in [0.05, 0.1) is 24.0 Å². The van der Waals surface area contributed by atoms with E-state index >= 15 is 0 Å². The number of halogens is 1. The molecule has 0 aliphatic carbocycles. The highest BCUT2D eigenvalue weighted by Crippen LogP contribution is 2.19. The predicted molar refractivity (Wildman–Crippen MR) is 109 cm³/mol. The van der Waals surface area contributed by atoms with Crippen LogP contribution in [-0.4, -0.2) is 19.0 Å². The summed E-state index contributed by atoms with van der Waals surface area (Å²) < 4.78 is 5.04. The zero-order chi connectivity index (χ0) is 20.6. The monoisotopic (exact) mass is 409 g/mol. The topological polar surface area (TPSA) is 89.3 Å². The summed E-state index contributed by atoms with van der Waals surface area (Å²) in [5, 5.41) is 8.02. The molecule has 3 rings (SSSR count). The Labute approximate surface area is 171 Å². The Hall–Kier alpha value is -3.71. The van der Waals surface area contributed by atoms with Crippen molar-refractivity contribution in [2.45, 2.75) is 0 Å². The number of methoxy groups -OCH3 is 1. The first-order valence-electron chi connectivity index (χ1n) is 8.48. The van der Waals surface area contributed by atoms with Gasteiger partial charge in [-0.2, -0.15) is 0 Å². The van der Waals surface area contributed by atoms with Gasteiger partial charge >= 0.3 is 5.97 Å². The van der Waals surface area contributed by atoms with Crippen molar-refractivity contribution in [1.82, 2.24) is 0 Å². The standard InChI is InChI=1S/C21H16ClN3O4/c1-28-19-11-5-14(6-12-19)21(27)29-25-18-9-7-17(8-10-18)23-24-20(26)15-3-2-4-16(22)13-15/h2-13,25H,1H3. The van der Waals surface area contributed by atoms with Gasteiger partial charge in [0, 0.05) is 10.6 Å². The molecule has 0 spiro atoms. The molecule has 0 atom stereocenters. The Balaban J connectivity index is 1.55. The number of anilines is 1. The van der Waals surface area contributed by atoms with Crippen LogP contribution in [0.25, 0.3) is 0 Å². The Morgan fingerprint density at radius 3 is 2.31 bits per heavy atom. The minimum atomic E-state index is -0.538. The van der Waals surface area contributed by atoms with Gasteiger partial charge < -0.3 is 9.57 Å². The lowest BCUT2D eigenvalue weighted by Gasteiger charge is -2.07. The molecule has 29 heavy (non-hydrogen) atoms. The quantitative estimate of drug-likeness (QED) is 0.431. The summed E-state index contributed by atoms with van der Waals surface area (Å²) in [5.74, 6) is -0.389. The average Bonchev–Trinajstić information content (AvgIpc) is 2.76. The van der Waals surface area contributed by atoms with E-state index in [2.05, 4.69) is 15.7 Å². The van der Waals surface area contributed by atoms with Gasteiger partial charge in [0.15, 0.2) is 0 Å². The molecule has 0 saturated carbocycles. The van der Waals surface area contributed by atoms with E-state index in [0.717, 1.165) is 0 Å². The molecule has 3 aromatic rings. The minimum absolute atomic E-state index is 0.352. The van der Waals surface area contributed by atoms with Crippen molar-refractivity contribution in [3.8, 4) is 5.75 Å². The Bertz CT molecular complexity index is 1030. The van der Waals surface area contributed by atoms with Crippen LogP contribution in [0.2, 0.25) is 5.02 Å². The Kier molecular flexibility index (Phi) is 6.55. The van der Waals surface area contributed by atoms with E-state index in [1.165, 1.54) is 6.07 Å². The van der Waals surface area contributed by atoms with Crippen LogP contribution in [0.1, 0.15) is 20.7 Å². The number of carbonyl (C=O) groups excluding carboxylic acids is 2. The number of ether oxygens (including phenoxy) is 1. The third kappa shape index (κ3) is 5.63. The SMILES string of the molecule is COc1ccc(C(=O)ONc2ccc(N=NC(=O)c3cccc(Cl)c3)cc2)cc1. The van der Waals surface area contributed by atoms with E-state index in [1.807, 2.05) is 0 Å². The van der Waals surface area contributed by atoms with Crippen LogP contribution in [0.5, 0.6) is 5.75 Å². The lowest BCUT2D eigenvalue weighted by atomic mass is 10.2. The van der Waals surface area contributed by atoms with Crippen LogP contribution in [0.4, 0.5) is 11.4 Å². The average molecular weight is 410 g/mol. The molecule has 8 heteroatoms. The molecule has 0 saturated heterocycles. The number of benzene rings is 3. The summed E-state index contributed by atoms with van der Waals surface area (Å²) in [6.45, 7) is 0. The summed E-state index contributed by atoms with van der Waals surface area (Å²) in [6, 6.07) is 19.5. The van der Waals surface area contributed by atoms with Gasteiger partial charge in [-0.15, -0.1) is 10.2 Å². The fourth-order valence-electron chi connectivity index (χ4n) is 2.27. The molecule has 0 aliphatic heterocycles. The molecule has 1 amide bonds. The Morgan fingerprint density at radius 2 is 1.66 bits per heavy atom. The number of hydrogen-bond donors (Lipinski definition) is 1. The maximum Gasteiger partial charge on any atom is 0.362 e. The van der Waals surface area contributed by atoms with Gasteiger partial charge in [0.2, 0.25) is 0 Å². The largest absolute Gasteiger partial charge is 0.497 e. The molecule has 0 aromatic heterocycles. The number of azo groups is 1. The van der Waals surface area contributed by atoms with Crippen LogP contribution in [-0.2, 0) is 4.84 Å². The molecular formula is C21H16ClN3O4. The molecule has 0 aliphatic rings. The maximum atomic E-state index is 12.0. The van der Waals surface area contributed by atoms with Crippen LogP contribution in [0.15, 0.2) is 83.0 Å². The van der Waals surface area contributed by atoms with Gasteiger partial charge in [0.1, 0.15) is 5.75 Å². The van der Waals surface area contributed by atoms with E-state index in [4.69, 9.17) is 21.2 Å². The van der Waals surface area contributed by atoms with E-state index in [-0.39, 0.29) is 0 Å². The molecule has 7 nitrogen and oxygen atoms in total. The summed E-state index contributed by atoms with van der Waals surface area (Å²) in [7, 11) is 1.55. The summed E-state index contributed by atoms with van der Waals surface area (Å²) in [4.78, 5) is 29.1. The van der Waals surface area contributed by atoms with Crippen molar-refractivity contribution < 1.29 is 19.2 Å². The fraction of sp³-hybridized carbons (Fsp3) is 0.0476. The zero-order valence-electron chi connectivity index (χ0n) is 15.3. The van der Waals surface area contributed by atoms with E-state index in [9.17, 15) is 9.59 Å². The molecule has 0 bridgehead atoms. The number of hydrogen-bond acceptors (Lipinski definition) is 6. The molecule has 0 unspecified atom stereocenters. The molecule has 3 aromatic carbocycles. The van der Waals surface area contributed by atoms with Crippen LogP contribution < -0.4 is 10.2 Å². The molecule has 146 valence electrons. The zero-order valence-corrected chi connectivity index (χ0v) is 16.1. The number of rotatable bonds is 6. The lowest BCUT2D eigenvalue weighted by molar-refractivity contribution is 0.0596. The summed E-state index contributed by atoms with van der Waals surface area (Å²) in [6.07, 6.45) is 0. The highest BCUT2D eigenvalue weighted by Gasteiger charge is 2.08. The lowest BCUT2D eigenvalue weighted by Crippen LogP contribution is -2.10. The second-order valence-electron chi connectivity index (χ2n) is 5.78. The molecule has 0 radical (unpaired) electrons. The molecule has 0 fully saturated rings. The number of carbonyl (C=O) groups is 2. The van der Waals surface area contributed by atoms with Crippen molar-refractivity contribution in [3.05, 3.63) is 88.9 Å². The fourth-order valence-corrected chi connectivity index (χ4v) is 2.46. The van der Waals surface area contributed by atoms with Crippen LogP contribution in [0, 0.1) is 0 Å². The first-order valence-corrected chi connectivity index (χ1v) is 8.86. The molecule has 1 N–H and O–H groups in total. The van der Waals surface area contributed by atoms with Crippen molar-refractivity contribution in [2.75, 3.05) is 12.6 Å². The van der Waals surface area contributed by atoms with E-state index < -0.39 is 11.9 Å². The second-order valence-corrected chi connectivity index (χ2v) is 6.22. The van der Waals surface area contributed by atoms with Gasteiger partial charge in [-0.25, -0.2) is 10.3 Å². The van der Waals surface area contributed by atoms with Gasteiger partial charge in [-0.1, -0.05) is 17.7 Å². The van der Waals surface area contributed by atoms with E-state index in [1.54, 1.807) is 73.8 Å². The summed E-state index contributed by atoms with van der Waals surface area (Å²) >= 11 is 5.86. The number of amides is 1. The maximum absolute atomic E-state index is 12.0. The number of nitrogens with one attached hydrogen (secondary N) is 1. The number of nitrogens with zero attached hydrogens (tertiary/aromatic N) is 2. The van der Waals surface area contributed by atoms with Crippen molar-refractivity contribution in [3.63, 3.8) is 0 Å². The first-order chi connectivity index (χ1) is 14.0. The van der Waals surface area contributed by atoms with Crippen molar-refractivity contribution >= 4 is 34.9 Å². The van der Waals surface area contributed by atoms with E-state index in [0.29, 0.717) is 33.3 Å². The van der Waals surface area contributed by atoms with Gasteiger partial charge in [-0.05, 0) is 66.7 Å². The van der Waals surface area contributed by atoms with Crippen molar-refractivity contribution in [2.24, 2.45) is 10.2 Å². The van der Waals surface area contributed by atoms with Crippen molar-refractivity contribution in [1.29, 1.82) is 0 Å². The second kappa shape index (κ2) is 9.48. The van der Waals surface area contributed by atoms with Crippen LogP contribution >= 0.6 is 11.6 Å². The van der Waals surface area contributed by atoms with Gasteiger partial charge in [-0.3, -0.25) is 4.79 Å². The summed E-state index contributed by atoms with van der Waals surface area (Å²) in [5.41, 5.74) is 4.29. The molecule has 0 heterocycles. The molecular weight excluding hydrogens is 394 g/mol. The highest BCUT2D eigenvalue weighted by atomic mass is 35.5. The minimum Gasteiger partial charge on any atom is -0.497 e. The predicted octanol–water partition coefficient (Wildman–Crippen LogP) is 5.46. The van der Waals surface area contributed by atoms with Crippen LogP contribution in [0.3, 0.4) is 0 Å². The smallest absolute Gasteiger partial charge is 0.362 e. The Morgan fingerprint density at radius 1 is 0.931 bits per heavy atom. The highest BCUT2D eigenvalue weighted by molar-refractivity contribution is 6.30. The normalized spacial score (nSPS) is 10.6. The third-order valence-electron chi connectivity index (χ3n) is 3.78. The third-order valence-corrected chi connectivity index (χ3v) is 4.02. The van der Waals surface area contributed by atoms with Gasteiger partial charge in [0.25, 0.3) is 5.91 Å². The first kappa shape index (κ1) is 20.0.